The van der Waals surface area contributed by atoms with E-state index in [4.69, 9.17) is 5.73 Å². The highest BCUT2D eigenvalue weighted by molar-refractivity contribution is 6.03. The number of urea groups is 1. The molecule has 4 N–H and O–H groups in total. The maximum Gasteiger partial charge on any atom is 0.339 e. The molecule has 23 heavy (non-hydrogen) atoms. The number of nitrogens with one attached hydrogen (secondary N) is 1. The van der Waals surface area contributed by atoms with Gasteiger partial charge in [-0.05, 0) is 13.3 Å². The van der Waals surface area contributed by atoms with Crippen molar-refractivity contribution in [3.63, 3.8) is 0 Å². The number of anilines is 1. The van der Waals surface area contributed by atoms with Crippen molar-refractivity contribution in [1.29, 1.82) is 0 Å². The van der Waals surface area contributed by atoms with Crippen LogP contribution in [0.15, 0.2) is 12.4 Å². The number of nitrogens with zero attached hydrogens (tertiary/aromatic N) is 4. The quantitative estimate of drug-likeness (QED) is 0.762. The Kier molecular flexibility index (Phi) is 3.77. The summed E-state index contributed by atoms with van der Waals surface area (Å²) in [7, 11) is 0. The number of nitrogens with two attached hydrogens (primary N) is 1. The summed E-state index contributed by atoms with van der Waals surface area (Å²) >= 11 is 0. The van der Waals surface area contributed by atoms with E-state index in [0.29, 0.717) is 42.8 Å². The van der Waals surface area contributed by atoms with Gasteiger partial charge in [-0.2, -0.15) is 5.10 Å². The molecule has 0 unspecified atom stereocenters. The van der Waals surface area contributed by atoms with E-state index in [2.05, 4.69) is 15.4 Å². The van der Waals surface area contributed by atoms with Crippen LogP contribution in [0.4, 0.5) is 10.5 Å². The first-order valence-corrected chi connectivity index (χ1v) is 7.40. The van der Waals surface area contributed by atoms with Gasteiger partial charge in [0.15, 0.2) is 5.65 Å². The van der Waals surface area contributed by atoms with Crippen LogP contribution < -0.4 is 11.1 Å². The fraction of sp³-hybridized carbons (Fsp3) is 0.429. The predicted octanol–water partition coefficient (Wildman–Crippen LogP) is 0.714. The molecule has 9 nitrogen and oxygen atoms in total. The number of pyridine rings is 1. The molecule has 1 atom stereocenters. The number of carboxylic acids is 1. The van der Waals surface area contributed by atoms with E-state index in [9.17, 15) is 14.7 Å². The molecule has 1 aliphatic rings. The number of rotatable bonds is 4. The zero-order chi connectivity index (χ0) is 16.6. The summed E-state index contributed by atoms with van der Waals surface area (Å²) in [6, 6.07) is -0.525. The number of likely N-dealkylation sites (tertiary alicyclic amines) is 1. The summed E-state index contributed by atoms with van der Waals surface area (Å²) < 4.78 is 1.70. The lowest BCUT2D eigenvalue weighted by Gasteiger charge is -2.17. The number of carbonyl (C=O) groups excluding carboxylic acids is 1. The van der Waals surface area contributed by atoms with Crippen LogP contribution in [-0.4, -0.2) is 55.9 Å². The average molecular weight is 318 g/mol. The number of hydrogen-bond acceptors (Lipinski definition) is 5. The molecule has 1 saturated heterocycles. The van der Waals surface area contributed by atoms with Gasteiger partial charge in [-0.15, -0.1) is 0 Å². The number of aryl methyl sites for hydroxylation is 1. The molecule has 0 radical (unpaired) electrons. The Morgan fingerprint density at radius 1 is 1.48 bits per heavy atom. The van der Waals surface area contributed by atoms with E-state index in [-0.39, 0.29) is 11.6 Å². The molecule has 0 spiro atoms. The van der Waals surface area contributed by atoms with Crippen LogP contribution in [0.3, 0.4) is 0 Å². The zero-order valence-corrected chi connectivity index (χ0v) is 12.7. The molecule has 0 bridgehead atoms. The molecule has 2 aromatic heterocycles. The number of carbonyl (C=O) groups is 2. The molecule has 9 heteroatoms. The minimum absolute atomic E-state index is 0.0591. The smallest absolute Gasteiger partial charge is 0.339 e. The topological polar surface area (TPSA) is 126 Å². The van der Waals surface area contributed by atoms with Crippen molar-refractivity contribution >= 4 is 28.7 Å². The summed E-state index contributed by atoms with van der Waals surface area (Å²) in [6.07, 6.45) is 3.65. The van der Waals surface area contributed by atoms with Gasteiger partial charge < -0.3 is 21.1 Å². The largest absolute Gasteiger partial charge is 0.478 e. The number of aromatic carboxylic acids is 1. The number of fused-ring (bicyclic) bond motifs is 1. The molecule has 3 rings (SSSR count). The van der Waals surface area contributed by atoms with Gasteiger partial charge in [0.05, 0.1) is 17.3 Å². The number of carboxylic acid groups (broad SMARTS) is 1. The maximum atomic E-state index is 11.5. The van der Waals surface area contributed by atoms with Gasteiger partial charge in [0.1, 0.15) is 5.56 Å². The Bertz CT molecular complexity index is 771. The molecule has 1 fully saturated rings. The van der Waals surface area contributed by atoms with Crippen molar-refractivity contribution in [3.05, 3.63) is 18.0 Å². The highest BCUT2D eigenvalue weighted by atomic mass is 16.4. The first kappa shape index (κ1) is 15.1. The molecule has 0 aromatic carbocycles. The summed E-state index contributed by atoms with van der Waals surface area (Å²) in [4.78, 5) is 28.5. The van der Waals surface area contributed by atoms with Gasteiger partial charge in [0, 0.05) is 31.9 Å². The average Bonchev–Trinajstić information content (AvgIpc) is 3.13. The van der Waals surface area contributed by atoms with Crippen LogP contribution in [0.25, 0.3) is 11.0 Å². The number of primary amides is 1. The van der Waals surface area contributed by atoms with E-state index in [1.165, 1.54) is 11.1 Å². The molecule has 2 aromatic rings. The van der Waals surface area contributed by atoms with Crippen molar-refractivity contribution in [2.45, 2.75) is 25.9 Å². The van der Waals surface area contributed by atoms with Crippen LogP contribution in [0.2, 0.25) is 0 Å². The third-order valence-corrected chi connectivity index (χ3v) is 4.04. The lowest BCUT2D eigenvalue weighted by molar-refractivity contribution is 0.0697. The molecule has 0 aliphatic carbocycles. The zero-order valence-electron chi connectivity index (χ0n) is 12.7. The van der Waals surface area contributed by atoms with E-state index in [0.717, 1.165) is 0 Å². The van der Waals surface area contributed by atoms with Gasteiger partial charge in [0.25, 0.3) is 0 Å². The summed E-state index contributed by atoms with van der Waals surface area (Å²) in [6.45, 7) is 3.58. The fourth-order valence-corrected chi connectivity index (χ4v) is 2.86. The van der Waals surface area contributed by atoms with Gasteiger partial charge in [0.2, 0.25) is 0 Å². The first-order valence-electron chi connectivity index (χ1n) is 7.40. The van der Waals surface area contributed by atoms with Crippen LogP contribution in [0, 0.1) is 0 Å². The van der Waals surface area contributed by atoms with Crippen molar-refractivity contribution in [3.8, 4) is 0 Å². The van der Waals surface area contributed by atoms with Crippen molar-refractivity contribution in [2.75, 3.05) is 18.4 Å². The minimum atomic E-state index is -1.06. The molecule has 3 heterocycles. The highest BCUT2D eigenvalue weighted by Crippen LogP contribution is 2.28. The second kappa shape index (κ2) is 5.75. The SMILES string of the molecule is CCn1ncc2c(N[C@H]3CCN(C(N)=O)C3)c(C(=O)O)cnc21. The third kappa shape index (κ3) is 2.65. The molecular formula is C14H18N6O3. The second-order valence-electron chi connectivity index (χ2n) is 5.46. The molecule has 0 saturated carbocycles. The number of hydrogen-bond donors (Lipinski definition) is 3. The molecule has 122 valence electrons. The molecule has 2 amide bonds. The number of amides is 2. The molecular weight excluding hydrogens is 300 g/mol. The predicted molar refractivity (Wildman–Crippen MR) is 83.3 cm³/mol. The van der Waals surface area contributed by atoms with E-state index >= 15 is 0 Å². The Morgan fingerprint density at radius 3 is 2.87 bits per heavy atom. The second-order valence-corrected chi connectivity index (χ2v) is 5.46. The summed E-state index contributed by atoms with van der Waals surface area (Å²) in [5.41, 5.74) is 6.49. The Balaban J connectivity index is 1.98. The minimum Gasteiger partial charge on any atom is -0.478 e. The number of aromatic nitrogens is 3. The Morgan fingerprint density at radius 2 is 2.26 bits per heavy atom. The van der Waals surface area contributed by atoms with Gasteiger partial charge in [-0.25, -0.2) is 19.3 Å². The van der Waals surface area contributed by atoms with Gasteiger partial charge >= 0.3 is 12.0 Å². The van der Waals surface area contributed by atoms with Gasteiger partial charge in [-0.3, -0.25) is 0 Å². The van der Waals surface area contributed by atoms with Crippen LogP contribution in [0.1, 0.15) is 23.7 Å². The van der Waals surface area contributed by atoms with Crippen LogP contribution >= 0.6 is 0 Å². The van der Waals surface area contributed by atoms with Crippen molar-refractivity contribution < 1.29 is 14.7 Å². The first-order chi connectivity index (χ1) is 11.0. The Labute approximate surface area is 132 Å². The van der Waals surface area contributed by atoms with Crippen LogP contribution in [0.5, 0.6) is 0 Å². The highest BCUT2D eigenvalue weighted by Gasteiger charge is 2.27. The van der Waals surface area contributed by atoms with Gasteiger partial charge in [-0.1, -0.05) is 0 Å². The van der Waals surface area contributed by atoms with E-state index in [1.807, 2.05) is 6.92 Å². The normalized spacial score (nSPS) is 17.6. The van der Waals surface area contributed by atoms with Crippen molar-refractivity contribution in [1.82, 2.24) is 19.7 Å². The third-order valence-electron chi connectivity index (χ3n) is 4.04. The molecule has 1 aliphatic heterocycles. The summed E-state index contributed by atoms with van der Waals surface area (Å²) in [5.74, 6) is -1.06. The lowest BCUT2D eigenvalue weighted by atomic mass is 10.1. The van der Waals surface area contributed by atoms with Crippen LogP contribution in [-0.2, 0) is 6.54 Å². The summed E-state index contributed by atoms with van der Waals surface area (Å²) in [5, 5.41) is 17.5. The Hall–Kier alpha value is -2.84. The van der Waals surface area contributed by atoms with E-state index in [1.54, 1.807) is 10.9 Å². The maximum absolute atomic E-state index is 11.5. The lowest BCUT2D eigenvalue weighted by Crippen LogP contribution is -2.35. The van der Waals surface area contributed by atoms with Crippen molar-refractivity contribution in [2.24, 2.45) is 5.73 Å². The monoisotopic (exact) mass is 318 g/mol. The van der Waals surface area contributed by atoms with E-state index < -0.39 is 12.0 Å². The fourth-order valence-electron chi connectivity index (χ4n) is 2.86. The standard InChI is InChI=1S/C14H18N6O3/c1-2-20-12-9(6-17-20)11(10(5-16-12)13(21)22)18-8-3-4-19(7-8)14(15)23/h5-6,8H,2-4,7H2,1H3,(H2,15,23)(H,16,18)(H,21,22)/t8-/m0/s1.